The van der Waals surface area contributed by atoms with Crippen LogP contribution >= 0.6 is 0 Å². The molecule has 0 aromatic heterocycles. The van der Waals surface area contributed by atoms with Crippen LogP contribution in [0.3, 0.4) is 0 Å². The molecule has 0 heterocycles. The fourth-order valence-corrected chi connectivity index (χ4v) is 8.10. The Morgan fingerprint density at radius 2 is 0.797 bits per heavy atom. The minimum Gasteiger partial charge on any atom is -0.457 e. The second-order valence-corrected chi connectivity index (χ2v) is 16.8. The number of ether oxygens (including phenoxy) is 3. The molecule has 0 fully saturated rings. The Balaban J connectivity index is 1.43. The molecule has 0 radical (unpaired) electrons. The summed E-state index contributed by atoms with van der Waals surface area (Å²) in [6.07, 6.45) is 4.62. The van der Waals surface area contributed by atoms with Crippen molar-refractivity contribution in [3.05, 3.63) is 190 Å². The third kappa shape index (κ3) is 10.7. The zero-order chi connectivity index (χ0) is 42.2. The third-order valence-electron chi connectivity index (χ3n) is 12.1. The molecule has 0 aliphatic heterocycles. The lowest BCUT2D eigenvalue weighted by molar-refractivity contribution is -0.0753. The molecule has 308 valence electrons. The van der Waals surface area contributed by atoms with Gasteiger partial charge < -0.3 is 14.2 Å². The van der Waals surface area contributed by atoms with E-state index in [1.165, 1.54) is 57.6 Å². The van der Waals surface area contributed by atoms with Gasteiger partial charge in [-0.05, 0) is 156 Å². The van der Waals surface area contributed by atoms with Crippen molar-refractivity contribution in [2.75, 3.05) is 0 Å². The lowest BCUT2D eigenvalue weighted by atomic mass is 9.73. The van der Waals surface area contributed by atoms with Crippen molar-refractivity contribution in [3.63, 3.8) is 0 Å². The molecular weight excluding hydrogens is 735 g/mol. The highest BCUT2D eigenvalue weighted by Gasteiger charge is 2.40. The quantitative estimate of drug-likeness (QED) is 0.0867. The van der Waals surface area contributed by atoms with Crippen LogP contribution in [0.15, 0.2) is 133 Å². The van der Waals surface area contributed by atoms with Crippen LogP contribution in [0.2, 0.25) is 0 Å². The molecule has 6 aromatic carbocycles. The molecule has 0 saturated carbocycles. The maximum absolute atomic E-state index is 13.7. The molecule has 2 atom stereocenters. The van der Waals surface area contributed by atoms with Crippen molar-refractivity contribution < 1.29 is 23.0 Å². The lowest BCUT2D eigenvalue weighted by Crippen LogP contribution is -2.46. The number of hydrogen-bond acceptors (Lipinski definition) is 3. The van der Waals surface area contributed by atoms with Gasteiger partial charge in [-0.2, -0.15) is 0 Å². The van der Waals surface area contributed by atoms with Gasteiger partial charge in [0.25, 0.3) is 0 Å². The predicted molar refractivity (Wildman–Crippen MR) is 238 cm³/mol. The Kier molecular flexibility index (Phi) is 14.1. The standard InChI is InChI=1S/C54H60F2O3/c1-9-39-19-21-43(35-41(39)11-3)53(5,6)51(33-37-15-13-17-49(31-37)57-47-27-23-45(55)24-28-47)59-52(54(7,8)44-22-20-40(10-2)42(12-4)36-44)34-38-16-14-18-50(32-38)58-48-29-25-46(56)26-30-48/h13-32,35-36,51-52H,9-12,33-34H2,1-8H3. The smallest absolute Gasteiger partial charge is 0.127 e. The molecule has 0 bridgehead atoms. The van der Waals surface area contributed by atoms with Crippen LogP contribution in [0, 0.1) is 11.6 Å². The highest BCUT2D eigenvalue weighted by molar-refractivity contribution is 5.41. The summed E-state index contributed by atoms with van der Waals surface area (Å²) >= 11 is 0. The number of benzene rings is 6. The number of aryl methyl sites for hydroxylation is 4. The van der Waals surface area contributed by atoms with E-state index in [1.54, 1.807) is 24.3 Å². The summed E-state index contributed by atoms with van der Waals surface area (Å²) in [6.45, 7) is 18.1. The molecule has 0 saturated heterocycles. The zero-order valence-electron chi connectivity index (χ0n) is 36.1. The van der Waals surface area contributed by atoms with Crippen molar-refractivity contribution in [1.82, 2.24) is 0 Å². The molecule has 5 heteroatoms. The highest BCUT2D eigenvalue weighted by atomic mass is 19.1. The third-order valence-corrected chi connectivity index (χ3v) is 12.1. The molecule has 0 spiro atoms. The van der Waals surface area contributed by atoms with Gasteiger partial charge in [-0.25, -0.2) is 8.78 Å². The monoisotopic (exact) mass is 794 g/mol. The first-order valence-electron chi connectivity index (χ1n) is 21.3. The minimum atomic E-state index is -0.410. The van der Waals surface area contributed by atoms with E-state index >= 15 is 0 Å². The van der Waals surface area contributed by atoms with E-state index in [-0.39, 0.29) is 23.8 Å². The summed E-state index contributed by atoms with van der Waals surface area (Å²) in [4.78, 5) is 0. The first-order valence-corrected chi connectivity index (χ1v) is 21.3. The number of hydrogen-bond donors (Lipinski definition) is 0. The molecule has 2 unspecified atom stereocenters. The molecule has 0 N–H and O–H groups in total. The summed E-state index contributed by atoms with van der Waals surface area (Å²) in [7, 11) is 0. The molecule has 3 nitrogen and oxygen atoms in total. The van der Waals surface area contributed by atoms with Crippen LogP contribution in [0.1, 0.15) is 99.9 Å². The Morgan fingerprint density at radius 1 is 0.424 bits per heavy atom. The summed E-state index contributed by atoms with van der Waals surface area (Å²) in [5.74, 6) is 1.92. The highest BCUT2D eigenvalue weighted by Crippen LogP contribution is 2.40. The van der Waals surface area contributed by atoms with Crippen LogP contribution in [0.5, 0.6) is 23.0 Å². The van der Waals surface area contributed by atoms with E-state index in [2.05, 4.69) is 116 Å². The normalized spacial score (nSPS) is 12.9. The van der Waals surface area contributed by atoms with Gasteiger partial charge in [0.05, 0.1) is 12.2 Å². The summed E-state index contributed by atoms with van der Waals surface area (Å²) in [5, 5.41) is 0. The predicted octanol–water partition coefficient (Wildman–Crippen LogP) is 14.3. The van der Waals surface area contributed by atoms with Crippen molar-refractivity contribution in [1.29, 1.82) is 0 Å². The second kappa shape index (κ2) is 19.2. The van der Waals surface area contributed by atoms with Gasteiger partial charge in [-0.15, -0.1) is 0 Å². The van der Waals surface area contributed by atoms with E-state index in [0.717, 1.165) is 36.8 Å². The lowest BCUT2D eigenvalue weighted by Gasteiger charge is -2.43. The van der Waals surface area contributed by atoms with Gasteiger partial charge in [0, 0.05) is 10.8 Å². The largest absolute Gasteiger partial charge is 0.457 e. The first kappa shape index (κ1) is 43.3. The SMILES string of the molecule is CCc1ccc(C(C)(C)C(Cc2cccc(Oc3ccc(F)cc3)c2)OC(Cc2cccc(Oc3ccc(F)cc3)c2)C(C)(C)c2ccc(CC)c(CC)c2)cc1CC. The van der Waals surface area contributed by atoms with Gasteiger partial charge >= 0.3 is 0 Å². The molecule has 0 aliphatic carbocycles. The first-order chi connectivity index (χ1) is 28.3. The van der Waals surface area contributed by atoms with Gasteiger partial charge in [-0.1, -0.05) is 116 Å². The number of halogens is 2. The Labute approximate surface area is 351 Å². The summed E-state index contributed by atoms with van der Waals surface area (Å²) < 4.78 is 47.6. The zero-order valence-corrected chi connectivity index (χ0v) is 36.1. The molecule has 0 aliphatic rings. The summed E-state index contributed by atoms with van der Waals surface area (Å²) in [6, 6.07) is 42.4. The fourth-order valence-electron chi connectivity index (χ4n) is 8.10. The maximum Gasteiger partial charge on any atom is 0.127 e. The molecule has 59 heavy (non-hydrogen) atoms. The van der Waals surface area contributed by atoms with Crippen molar-refractivity contribution in [3.8, 4) is 23.0 Å². The van der Waals surface area contributed by atoms with E-state index in [4.69, 9.17) is 14.2 Å². The average Bonchev–Trinajstić information content (AvgIpc) is 3.24. The van der Waals surface area contributed by atoms with Crippen LogP contribution in [-0.4, -0.2) is 12.2 Å². The van der Waals surface area contributed by atoms with Crippen molar-refractivity contribution in [2.24, 2.45) is 0 Å². The molecule has 0 amide bonds. The fraction of sp³-hybridized carbons (Fsp3) is 0.333. The van der Waals surface area contributed by atoms with Gasteiger partial charge in [0.15, 0.2) is 0 Å². The van der Waals surface area contributed by atoms with Crippen molar-refractivity contribution in [2.45, 2.75) is 117 Å². The van der Waals surface area contributed by atoms with Gasteiger partial charge in [-0.3, -0.25) is 0 Å². The maximum atomic E-state index is 13.7. The van der Waals surface area contributed by atoms with Crippen LogP contribution in [-0.2, 0) is 54.1 Å². The summed E-state index contributed by atoms with van der Waals surface area (Å²) in [5.41, 5.74) is 9.29. The van der Waals surface area contributed by atoms with Gasteiger partial charge in [0.2, 0.25) is 0 Å². The van der Waals surface area contributed by atoms with E-state index in [0.29, 0.717) is 35.8 Å². The molecule has 6 rings (SSSR count). The average molecular weight is 795 g/mol. The molecular formula is C54H60F2O3. The van der Waals surface area contributed by atoms with Crippen LogP contribution < -0.4 is 9.47 Å². The van der Waals surface area contributed by atoms with E-state index in [1.807, 2.05) is 24.3 Å². The van der Waals surface area contributed by atoms with Crippen molar-refractivity contribution >= 4 is 0 Å². The Hall–Kier alpha value is -5.26. The molecule has 6 aromatic rings. The Bertz CT molecular complexity index is 2130. The van der Waals surface area contributed by atoms with E-state index in [9.17, 15) is 8.78 Å². The minimum absolute atomic E-state index is 0.260. The topological polar surface area (TPSA) is 27.7 Å². The number of rotatable bonds is 18. The Morgan fingerprint density at radius 3 is 1.15 bits per heavy atom. The van der Waals surface area contributed by atoms with Crippen LogP contribution in [0.25, 0.3) is 0 Å². The van der Waals surface area contributed by atoms with E-state index < -0.39 is 10.8 Å². The second-order valence-electron chi connectivity index (χ2n) is 16.8. The van der Waals surface area contributed by atoms with Gasteiger partial charge in [0.1, 0.15) is 34.6 Å². The van der Waals surface area contributed by atoms with Crippen LogP contribution in [0.4, 0.5) is 8.78 Å².